The molecule has 1 saturated heterocycles. The fourth-order valence-electron chi connectivity index (χ4n) is 7.99. The van der Waals surface area contributed by atoms with Crippen LogP contribution in [0.5, 0.6) is 0 Å². The van der Waals surface area contributed by atoms with Gasteiger partial charge in [-0.1, -0.05) is 60.7 Å². The zero-order valence-electron chi connectivity index (χ0n) is 21.9. The molecule has 0 radical (unpaired) electrons. The SMILES string of the molecule is O=C(O)C1CCC(NC(=O)C2NC3(CCCCC3)[C@@]3(C(=O)Nc4cc(Cl)ccc43)[C@H]2c2cccc(Cl)c2F)CC1. The quantitative estimate of drug-likeness (QED) is 0.375. The minimum Gasteiger partial charge on any atom is -0.481 e. The minimum absolute atomic E-state index is 0.0712. The van der Waals surface area contributed by atoms with Gasteiger partial charge in [0, 0.05) is 28.2 Å². The van der Waals surface area contributed by atoms with E-state index in [4.69, 9.17) is 23.2 Å². The van der Waals surface area contributed by atoms with Crippen LogP contribution < -0.4 is 16.0 Å². The van der Waals surface area contributed by atoms with Gasteiger partial charge in [-0.3, -0.25) is 19.7 Å². The summed E-state index contributed by atoms with van der Waals surface area (Å²) in [4.78, 5) is 39.9. The summed E-state index contributed by atoms with van der Waals surface area (Å²) in [6.07, 6.45) is 6.09. The number of carboxylic acid groups (broad SMARTS) is 1. The summed E-state index contributed by atoms with van der Waals surface area (Å²) >= 11 is 12.6. The molecule has 2 aliphatic carbocycles. The van der Waals surface area contributed by atoms with Crippen molar-refractivity contribution >= 4 is 46.7 Å². The van der Waals surface area contributed by atoms with E-state index in [0.29, 0.717) is 54.8 Å². The summed E-state index contributed by atoms with van der Waals surface area (Å²) < 4.78 is 15.9. The number of carboxylic acids is 1. The first-order valence-electron chi connectivity index (χ1n) is 14.0. The lowest BCUT2D eigenvalue weighted by Crippen LogP contribution is -2.60. The molecule has 2 spiro atoms. The smallest absolute Gasteiger partial charge is 0.306 e. The number of hydrogen-bond acceptors (Lipinski definition) is 4. The van der Waals surface area contributed by atoms with E-state index in [1.807, 2.05) is 6.07 Å². The number of fused-ring (bicyclic) bond motifs is 3. The maximum Gasteiger partial charge on any atom is 0.306 e. The summed E-state index contributed by atoms with van der Waals surface area (Å²) in [6, 6.07) is 8.89. The van der Waals surface area contributed by atoms with E-state index in [-0.39, 0.29) is 28.4 Å². The maximum absolute atomic E-state index is 15.9. The van der Waals surface area contributed by atoms with Gasteiger partial charge in [0.1, 0.15) is 11.2 Å². The van der Waals surface area contributed by atoms with Crippen molar-refractivity contribution in [3.8, 4) is 0 Å². The van der Waals surface area contributed by atoms with Gasteiger partial charge in [0.15, 0.2) is 0 Å². The van der Waals surface area contributed by atoms with Gasteiger partial charge in [-0.05, 0) is 67.9 Å². The van der Waals surface area contributed by atoms with Crippen LogP contribution in [0, 0.1) is 11.7 Å². The van der Waals surface area contributed by atoms with Gasteiger partial charge in [0.25, 0.3) is 0 Å². The second kappa shape index (κ2) is 10.3. The average molecular weight is 589 g/mol. The Morgan fingerprint density at radius 3 is 2.45 bits per heavy atom. The number of benzene rings is 2. The predicted molar refractivity (Wildman–Crippen MR) is 150 cm³/mol. The summed E-state index contributed by atoms with van der Waals surface area (Å²) in [5.74, 6) is -3.35. The number of hydrogen-bond donors (Lipinski definition) is 4. The Bertz CT molecular complexity index is 1370. The van der Waals surface area contributed by atoms with Crippen LogP contribution in [-0.4, -0.2) is 40.5 Å². The fraction of sp³-hybridized carbons (Fsp3) is 0.500. The van der Waals surface area contributed by atoms with Crippen LogP contribution in [-0.2, 0) is 19.8 Å². The predicted octanol–water partition coefficient (Wildman–Crippen LogP) is 5.54. The van der Waals surface area contributed by atoms with Crippen molar-refractivity contribution in [3.63, 3.8) is 0 Å². The Kier molecular flexibility index (Phi) is 7.08. The molecule has 0 bridgehead atoms. The van der Waals surface area contributed by atoms with Crippen LogP contribution >= 0.6 is 23.2 Å². The van der Waals surface area contributed by atoms with Gasteiger partial charge in [-0.25, -0.2) is 4.39 Å². The van der Waals surface area contributed by atoms with Crippen molar-refractivity contribution in [1.29, 1.82) is 0 Å². The Balaban J connectivity index is 1.48. The third-order valence-electron chi connectivity index (χ3n) is 9.73. The molecule has 2 saturated carbocycles. The third kappa shape index (κ3) is 4.13. The maximum atomic E-state index is 15.9. The summed E-state index contributed by atoms with van der Waals surface area (Å²) in [5.41, 5.74) is -0.573. The van der Waals surface area contributed by atoms with Crippen molar-refractivity contribution in [3.05, 3.63) is 63.4 Å². The average Bonchev–Trinajstić information content (AvgIpc) is 3.38. The van der Waals surface area contributed by atoms with Gasteiger partial charge >= 0.3 is 5.97 Å². The molecular formula is C30H32Cl2FN3O4. The Labute approximate surface area is 242 Å². The van der Waals surface area contributed by atoms with Gasteiger partial charge in [0.2, 0.25) is 11.8 Å². The first-order valence-corrected chi connectivity index (χ1v) is 14.8. The van der Waals surface area contributed by atoms with Crippen molar-refractivity contribution in [2.75, 3.05) is 5.32 Å². The van der Waals surface area contributed by atoms with Crippen LogP contribution in [0.15, 0.2) is 36.4 Å². The number of carbonyl (C=O) groups excluding carboxylic acids is 2. The topological polar surface area (TPSA) is 108 Å². The van der Waals surface area contributed by atoms with Crippen LogP contribution in [0.25, 0.3) is 0 Å². The molecule has 1 unspecified atom stereocenters. The molecule has 2 heterocycles. The first-order chi connectivity index (χ1) is 19.2. The second-order valence-corrected chi connectivity index (χ2v) is 12.6. The summed E-state index contributed by atoms with van der Waals surface area (Å²) in [5, 5.41) is 19.6. The Morgan fingerprint density at radius 1 is 1.02 bits per heavy atom. The van der Waals surface area contributed by atoms with Crippen LogP contribution in [0.4, 0.5) is 10.1 Å². The molecule has 7 nitrogen and oxygen atoms in total. The van der Waals surface area contributed by atoms with Gasteiger partial charge in [-0.15, -0.1) is 0 Å². The number of aliphatic carboxylic acids is 1. The van der Waals surface area contributed by atoms with Crippen molar-refractivity contribution < 1.29 is 23.9 Å². The number of halogens is 3. The molecule has 6 rings (SSSR count). The molecule has 10 heteroatoms. The van der Waals surface area contributed by atoms with Gasteiger partial charge in [0.05, 0.1) is 17.0 Å². The molecule has 2 aliphatic heterocycles. The highest BCUT2D eigenvalue weighted by atomic mass is 35.5. The second-order valence-electron chi connectivity index (χ2n) is 11.7. The largest absolute Gasteiger partial charge is 0.481 e. The van der Waals surface area contributed by atoms with E-state index >= 15 is 4.39 Å². The molecule has 4 aliphatic rings. The number of rotatable bonds is 4. The number of nitrogens with one attached hydrogen (secondary N) is 3. The molecule has 0 aromatic heterocycles. The molecular weight excluding hydrogens is 556 g/mol. The Morgan fingerprint density at radius 2 is 1.75 bits per heavy atom. The normalized spacial score (nSPS) is 30.7. The van der Waals surface area contributed by atoms with E-state index in [2.05, 4.69) is 16.0 Å². The molecule has 2 aromatic carbocycles. The van der Waals surface area contributed by atoms with Gasteiger partial charge < -0.3 is 15.7 Å². The molecule has 40 heavy (non-hydrogen) atoms. The standard InChI is InChI=1S/C30H32Cl2FN3O4/c31-17-9-12-20-22(15-17)35-28(40)30(20)23(19-5-4-6-21(32)24(19)33)25(36-29(30)13-2-1-3-14-29)26(37)34-18-10-7-16(8-11-18)27(38)39/h4-6,9,12,15-16,18,23,25,36H,1-3,7-8,10-11,13-14H2,(H,34,37)(H,35,40)(H,38,39)/t16?,18?,23-,25?,30+/m0/s1. The van der Waals surface area contributed by atoms with E-state index in [9.17, 15) is 19.5 Å². The molecule has 2 aromatic rings. The van der Waals surface area contributed by atoms with E-state index in [1.54, 1.807) is 24.3 Å². The highest BCUT2D eigenvalue weighted by molar-refractivity contribution is 6.31. The lowest BCUT2D eigenvalue weighted by molar-refractivity contribution is -0.142. The minimum atomic E-state index is -1.28. The van der Waals surface area contributed by atoms with Crippen molar-refractivity contribution in [2.45, 2.75) is 86.7 Å². The van der Waals surface area contributed by atoms with E-state index in [1.165, 1.54) is 6.07 Å². The number of carbonyl (C=O) groups is 3. The fourth-order valence-corrected chi connectivity index (χ4v) is 8.35. The zero-order valence-corrected chi connectivity index (χ0v) is 23.5. The molecule has 212 valence electrons. The van der Waals surface area contributed by atoms with Crippen LogP contribution in [0.1, 0.15) is 74.8 Å². The molecule has 2 amide bonds. The summed E-state index contributed by atoms with van der Waals surface area (Å²) in [7, 11) is 0. The van der Waals surface area contributed by atoms with Crippen molar-refractivity contribution in [1.82, 2.24) is 10.6 Å². The molecule has 3 atom stereocenters. The summed E-state index contributed by atoms with van der Waals surface area (Å²) in [6.45, 7) is 0. The van der Waals surface area contributed by atoms with E-state index < -0.39 is 40.6 Å². The number of amides is 2. The lowest BCUT2D eigenvalue weighted by Gasteiger charge is -2.47. The number of anilines is 1. The lowest BCUT2D eigenvalue weighted by atomic mass is 9.55. The third-order valence-corrected chi connectivity index (χ3v) is 10.3. The van der Waals surface area contributed by atoms with E-state index in [0.717, 1.165) is 19.3 Å². The first kappa shape index (κ1) is 27.5. The van der Waals surface area contributed by atoms with Crippen LogP contribution in [0.3, 0.4) is 0 Å². The molecule has 3 fully saturated rings. The zero-order chi connectivity index (χ0) is 28.2. The highest BCUT2D eigenvalue weighted by Crippen LogP contribution is 2.62. The Hall–Kier alpha value is -2.68. The monoisotopic (exact) mass is 587 g/mol. The van der Waals surface area contributed by atoms with Crippen LogP contribution in [0.2, 0.25) is 10.0 Å². The van der Waals surface area contributed by atoms with Gasteiger partial charge in [-0.2, -0.15) is 0 Å². The highest BCUT2D eigenvalue weighted by Gasteiger charge is 2.72. The van der Waals surface area contributed by atoms with Crippen molar-refractivity contribution in [2.24, 2.45) is 5.92 Å². The molecule has 4 N–H and O–H groups in total.